The van der Waals surface area contributed by atoms with Gasteiger partial charge in [0.1, 0.15) is 0 Å². The summed E-state index contributed by atoms with van der Waals surface area (Å²) < 4.78 is 36.6. The van der Waals surface area contributed by atoms with Crippen LogP contribution >= 0.6 is 27.3 Å². The van der Waals surface area contributed by atoms with Gasteiger partial charge in [0, 0.05) is 31.2 Å². The quantitative estimate of drug-likeness (QED) is 0.480. The minimum Gasteiger partial charge on any atom is -0.383 e. The van der Waals surface area contributed by atoms with E-state index in [-0.39, 0.29) is 17.3 Å². The highest BCUT2D eigenvalue weighted by Crippen LogP contribution is 2.25. The van der Waals surface area contributed by atoms with Gasteiger partial charge >= 0.3 is 0 Å². The third-order valence-corrected chi connectivity index (χ3v) is 8.90. The van der Waals surface area contributed by atoms with Crippen LogP contribution in [0.15, 0.2) is 62.9 Å². The summed E-state index contributed by atoms with van der Waals surface area (Å²) >= 11 is 4.93. The lowest BCUT2D eigenvalue weighted by Crippen LogP contribution is -2.42. The summed E-state index contributed by atoms with van der Waals surface area (Å²) in [6.45, 7) is 1.62. The van der Waals surface area contributed by atoms with Crippen LogP contribution in [0.5, 0.6) is 0 Å². The van der Waals surface area contributed by atoms with E-state index in [9.17, 15) is 13.2 Å². The van der Waals surface area contributed by atoms with Crippen molar-refractivity contribution >= 4 is 53.4 Å². The fourth-order valence-corrected chi connectivity index (χ4v) is 6.98. The van der Waals surface area contributed by atoms with Gasteiger partial charge in [-0.15, -0.1) is 0 Å². The van der Waals surface area contributed by atoms with Crippen LogP contribution in [0.2, 0.25) is 0 Å². The third-order valence-electron chi connectivity index (χ3n) is 5.48. The molecule has 0 saturated carbocycles. The van der Waals surface area contributed by atoms with E-state index in [1.165, 1.54) is 15.6 Å². The average molecular weight is 538 g/mol. The molecule has 1 atom stereocenters. The lowest BCUT2D eigenvalue weighted by Gasteiger charge is -2.30. The fourth-order valence-electron chi connectivity index (χ4n) is 3.82. The molecule has 4 rings (SSSR count). The van der Waals surface area contributed by atoms with Gasteiger partial charge in [0.15, 0.2) is 4.80 Å². The van der Waals surface area contributed by atoms with Gasteiger partial charge in [0.25, 0.3) is 5.91 Å². The normalized spacial score (nSPS) is 18.3. The number of carbonyl (C=O) groups excluding carboxylic acids is 1. The van der Waals surface area contributed by atoms with E-state index in [1.807, 2.05) is 22.8 Å². The molecule has 10 heteroatoms. The molecular formula is C22H24BrN3O4S2. The van der Waals surface area contributed by atoms with Crippen molar-refractivity contribution in [1.29, 1.82) is 0 Å². The summed E-state index contributed by atoms with van der Waals surface area (Å²) in [6, 6.07) is 14.3. The van der Waals surface area contributed by atoms with E-state index in [2.05, 4.69) is 20.9 Å². The number of rotatable bonds is 6. The summed E-state index contributed by atoms with van der Waals surface area (Å²) in [6.07, 6.45) is 1.25. The summed E-state index contributed by atoms with van der Waals surface area (Å²) in [5.74, 6) is -0.746. The summed E-state index contributed by atoms with van der Waals surface area (Å²) in [5, 5.41) is 0. The van der Waals surface area contributed by atoms with Crippen molar-refractivity contribution in [1.82, 2.24) is 8.87 Å². The van der Waals surface area contributed by atoms with Crippen LogP contribution in [0.3, 0.4) is 0 Å². The number of methoxy groups -OCH3 is 1. The van der Waals surface area contributed by atoms with Gasteiger partial charge in [-0.05, 0) is 43.2 Å². The monoisotopic (exact) mass is 537 g/mol. The Morgan fingerprint density at radius 1 is 1.25 bits per heavy atom. The molecule has 1 aliphatic heterocycles. The first-order valence-corrected chi connectivity index (χ1v) is 13.4. The number of benzene rings is 2. The molecule has 1 saturated heterocycles. The molecule has 1 aliphatic rings. The van der Waals surface area contributed by atoms with Crippen molar-refractivity contribution in [2.24, 2.45) is 10.9 Å². The highest BCUT2D eigenvalue weighted by atomic mass is 79.9. The van der Waals surface area contributed by atoms with Crippen LogP contribution in [0, 0.1) is 5.92 Å². The Morgan fingerprint density at radius 3 is 2.78 bits per heavy atom. The van der Waals surface area contributed by atoms with Crippen LogP contribution in [0.1, 0.15) is 12.8 Å². The maximum Gasteiger partial charge on any atom is 0.252 e. The molecular weight excluding hydrogens is 514 g/mol. The molecule has 7 nitrogen and oxygen atoms in total. The Balaban J connectivity index is 1.62. The van der Waals surface area contributed by atoms with E-state index in [0.717, 1.165) is 14.7 Å². The Kier molecular flexibility index (Phi) is 7.26. The second-order valence-electron chi connectivity index (χ2n) is 7.61. The lowest BCUT2D eigenvalue weighted by molar-refractivity contribution is -0.122. The number of thiazole rings is 1. The Hall–Kier alpha value is -1.85. The topological polar surface area (TPSA) is 81.0 Å². The van der Waals surface area contributed by atoms with Crippen molar-refractivity contribution in [3.05, 3.63) is 57.8 Å². The summed E-state index contributed by atoms with van der Waals surface area (Å²) in [7, 11) is -2.00. The Bertz CT molecular complexity index is 1290. The highest BCUT2D eigenvalue weighted by Gasteiger charge is 2.33. The average Bonchev–Trinajstić information content (AvgIpc) is 3.14. The molecule has 2 aromatic carbocycles. The SMILES string of the molecule is COCCn1c(=NC(=O)C2CCCN(S(=O)(=O)c3ccccc3)C2)sc2cc(Br)ccc21. The lowest BCUT2D eigenvalue weighted by atomic mass is 9.99. The van der Waals surface area contributed by atoms with Gasteiger partial charge in [-0.25, -0.2) is 8.42 Å². The van der Waals surface area contributed by atoms with Crippen LogP contribution in [-0.4, -0.2) is 50.0 Å². The van der Waals surface area contributed by atoms with Crippen molar-refractivity contribution in [3.8, 4) is 0 Å². The third kappa shape index (κ3) is 4.89. The van der Waals surface area contributed by atoms with Gasteiger partial charge < -0.3 is 9.30 Å². The van der Waals surface area contributed by atoms with Crippen LogP contribution in [0.25, 0.3) is 10.2 Å². The van der Waals surface area contributed by atoms with E-state index in [1.54, 1.807) is 37.4 Å². The number of carbonyl (C=O) groups is 1. The number of piperidine rings is 1. The van der Waals surface area contributed by atoms with Crippen LogP contribution in [0.4, 0.5) is 0 Å². The molecule has 170 valence electrons. The van der Waals surface area contributed by atoms with Gasteiger partial charge in [0.05, 0.1) is 27.6 Å². The van der Waals surface area contributed by atoms with E-state index in [4.69, 9.17) is 4.74 Å². The van der Waals surface area contributed by atoms with Crippen molar-refractivity contribution in [2.75, 3.05) is 26.8 Å². The van der Waals surface area contributed by atoms with Crippen molar-refractivity contribution < 1.29 is 17.9 Å². The predicted molar refractivity (Wildman–Crippen MR) is 128 cm³/mol. The summed E-state index contributed by atoms with van der Waals surface area (Å²) in [4.78, 5) is 18.4. The molecule has 2 heterocycles. The first-order valence-electron chi connectivity index (χ1n) is 10.3. The zero-order chi connectivity index (χ0) is 22.7. The molecule has 1 amide bonds. The number of nitrogens with zero attached hydrogens (tertiary/aromatic N) is 3. The van der Waals surface area contributed by atoms with Gasteiger partial charge in [0.2, 0.25) is 10.0 Å². The van der Waals surface area contributed by atoms with Crippen LogP contribution < -0.4 is 4.80 Å². The number of amides is 1. The van der Waals surface area contributed by atoms with E-state index >= 15 is 0 Å². The zero-order valence-corrected chi connectivity index (χ0v) is 20.8. The minimum absolute atomic E-state index is 0.147. The summed E-state index contributed by atoms with van der Waals surface area (Å²) in [5.41, 5.74) is 0.985. The van der Waals surface area contributed by atoms with Crippen molar-refractivity contribution in [3.63, 3.8) is 0 Å². The zero-order valence-electron chi connectivity index (χ0n) is 17.6. The van der Waals surface area contributed by atoms with Crippen LogP contribution in [-0.2, 0) is 26.1 Å². The Labute approximate surface area is 199 Å². The number of aromatic nitrogens is 1. The maximum atomic E-state index is 13.1. The minimum atomic E-state index is -3.63. The molecule has 1 fully saturated rings. The second kappa shape index (κ2) is 9.96. The van der Waals surface area contributed by atoms with Gasteiger partial charge in [-0.3, -0.25) is 4.79 Å². The molecule has 1 aromatic heterocycles. The van der Waals surface area contributed by atoms with Crippen molar-refractivity contribution in [2.45, 2.75) is 24.3 Å². The molecule has 32 heavy (non-hydrogen) atoms. The predicted octanol–water partition coefficient (Wildman–Crippen LogP) is 3.64. The fraction of sp³-hybridized carbons (Fsp3) is 0.364. The standard InChI is InChI=1S/C22H24BrN3O4S2/c1-30-13-12-26-19-10-9-17(23)14-20(19)31-22(26)24-21(27)16-6-5-11-25(15-16)32(28,29)18-7-3-2-4-8-18/h2-4,7-10,14,16H,5-6,11-13,15H2,1H3. The molecule has 1 unspecified atom stereocenters. The first-order chi connectivity index (χ1) is 15.4. The number of hydrogen-bond acceptors (Lipinski definition) is 5. The molecule has 0 spiro atoms. The number of fused-ring (bicyclic) bond motifs is 1. The second-order valence-corrected chi connectivity index (χ2v) is 11.5. The smallest absolute Gasteiger partial charge is 0.252 e. The maximum absolute atomic E-state index is 13.1. The number of ether oxygens (including phenoxy) is 1. The van der Waals surface area contributed by atoms with E-state index in [0.29, 0.717) is 37.3 Å². The highest BCUT2D eigenvalue weighted by molar-refractivity contribution is 9.10. The van der Waals surface area contributed by atoms with Gasteiger partial charge in [-0.1, -0.05) is 45.5 Å². The molecule has 3 aromatic rings. The molecule has 0 bridgehead atoms. The molecule has 0 aliphatic carbocycles. The Morgan fingerprint density at radius 2 is 2.03 bits per heavy atom. The molecule has 0 radical (unpaired) electrons. The largest absolute Gasteiger partial charge is 0.383 e. The number of hydrogen-bond donors (Lipinski definition) is 0. The number of sulfonamides is 1. The van der Waals surface area contributed by atoms with E-state index < -0.39 is 15.9 Å². The molecule has 0 N–H and O–H groups in total. The first kappa shape index (κ1) is 23.3. The van der Waals surface area contributed by atoms with Gasteiger partial charge in [-0.2, -0.15) is 9.30 Å². The number of halogens is 1.